The maximum atomic E-state index is 6.32. The Kier molecular flexibility index (Phi) is 6.93. The van der Waals surface area contributed by atoms with Gasteiger partial charge < -0.3 is 4.42 Å². The van der Waals surface area contributed by atoms with E-state index in [0.717, 1.165) is 27.9 Å². The molecule has 0 fully saturated rings. The van der Waals surface area contributed by atoms with E-state index in [1.807, 2.05) is 13.0 Å². The molecule has 0 spiro atoms. The lowest BCUT2D eigenvalue weighted by Gasteiger charge is -2.19. The lowest BCUT2D eigenvalue weighted by molar-refractivity contribution is 0.603. The fourth-order valence-corrected chi connectivity index (χ4v) is 6.90. The van der Waals surface area contributed by atoms with E-state index >= 15 is 0 Å². The zero-order chi connectivity index (χ0) is 31.0. The van der Waals surface area contributed by atoms with Crippen LogP contribution in [0.5, 0.6) is 0 Å². The van der Waals surface area contributed by atoms with E-state index in [-0.39, 0.29) is 0 Å². The smallest absolute Gasteiger partial charge is 0.136 e. The average molecular weight is 589 g/mol. The van der Waals surface area contributed by atoms with Crippen LogP contribution in [0.25, 0.3) is 89.2 Å². The topological polar surface area (TPSA) is 13.1 Å². The van der Waals surface area contributed by atoms with Crippen molar-refractivity contribution in [1.82, 2.24) is 0 Å². The molecule has 0 unspecified atom stereocenters. The lowest BCUT2D eigenvalue weighted by Crippen LogP contribution is -1.92. The summed E-state index contributed by atoms with van der Waals surface area (Å²) >= 11 is 0. The molecular formula is C45H32O. The predicted molar refractivity (Wildman–Crippen MR) is 198 cm³/mol. The van der Waals surface area contributed by atoms with Crippen LogP contribution < -0.4 is 0 Å². The van der Waals surface area contributed by atoms with E-state index in [9.17, 15) is 0 Å². The molecule has 46 heavy (non-hydrogen) atoms. The minimum atomic E-state index is 0.794. The van der Waals surface area contributed by atoms with Crippen LogP contribution in [-0.2, 0) is 0 Å². The number of benzene rings is 7. The van der Waals surface area contributed by atoms with Crippen molar-refractivity contribution in [2.24, 2.45) is 0 Å². The van der Waals surface area contributed by atoms with Crippen molar-refractivity contribution in [1.29, 1.82) is 0 Å². The maximum absolute atomic E-state index is 6.32. The second-order valence-corrected chi connectivity index (χ2v) is 11.7. The number of furan rings is 1. The van der Waals surface area contributed by atoms with Crippen LogP contribution in [0.4, 0.5) is 0 Å². The van der Waals surface area contributed by atoms with E-state index in [4.69, 9.17) is 4.42 Å². The van der Waals surface area contributed by atoms with Gasteiger partial charge in [-0.2, -0.15) is 0 Å². The summed E-state index contributed by atoms with van der Waals surface area (Å²) < 4.78 is 6.32. The lowest BCUT2D eigenvalue weighted by atomic mass is 9.84. The molecule has 0 N–H and O–H groups in total. The van der Waals surface area contributed by atoms with Crippen LogP contribution in [0.3, 0.4) is 0 Å². The first kappa shape index (κ1) is 27.6. The number of allylic oxidation sites excluding steroid dienone is 1. The largest absolute Gasteiger partial charge is 0.456 e. The number of hydrogen-bond donors (Lipinski definition) is 0. The van der Waals surface area contributed by atoms with Gasteiger partial charge in [-0.25, -0.2) is 0 Å². The Balaban J connectivity index is 1.43. The van der Waals surface area contributed by atoms with E-state index in [2.05, 4.69) is 158 Å². The van der Waals surface area contributed by atoms with Crippen molar-refractivity contribution in [2.45, 2.75) is 6.92 Å². The third kappa shape index (κ3) is 4.65. The highest BCUT2D eigenvalue weighted by molar-refractivity contribution is 6.22. The van der Waals surface area contributed by atoms with Gasteiger partial charge in [-0.05, 0) is 109 Å². The summed E-state index contributed by atoms with van der Waals surface area (Å²) in [5.41, 5.74) is 11.5. The molecule has 8 aromatic rings. The summed E-state index contributed by atoms with van der Waals surface area (Å²) in [7, 11) is 0. The first-order valence-electron chi connectivity index (χ1n) is 15.8. The van der Waals surface area contributed by atoms with Crippen LogP contribution >= 0.6 is 0 Å². The van der Waals surface area contributed by atoms with Gasteiger partial charge in [0.05, 0.1) is 0 Å². The van der Waals surface area contributed by atoms with Gasteiger partial charge in [-0.15, -0.1) is 0 Å². The van der Waals surface area contributed by atoms with Crippen LogP contribution in [0.2, 0.25) is 0 Å². The van der Waals surface area contributed by atoms with Gasteiger partial charge in [0, 0.05) is 10.9 Å². The molecule has 1 aromatic heterocycles. The zero-order valence-electron chi connectivity index (χ0n) is 25.7. The summed E-state index contributed by atoms with van der Waals surface area (Å²) in [5.74, 6) is 0.794. The third-order valence-corrected chi connectivity index (χ3v) is 8.93. The molecule has 8 rings (SSSR count). The standard InChI is InChI=1S/C45H32O/c1-3-15-36-37-25-24-32(29-43(37)46-42(36)4-2)44-38-20-11-13-22-40(38)45(41-23-14-12-21-39(41)44)35-27-33(30-16-7-5-8-17-30)26-34(28-35)31-18-9-6-10-19-31/h3-29H,2H2,1H3/b15-3-. The highest BCUT2D eigenvalue weighted by Crippen LogP contribution is 2.46. The second kappa shape index (κ2) is 11.5. The number of fused-ring (bicyclic) bond motifs is 3. The van der Waals surface area contributed by atoms with Gasteiger partial charge in [-0.3, -0.25) is 0 Å². The molecule has 0 atom stereocenters. The molecule has 0 aliphatic heterocycles. The molecule has 218 valence electrons. The monoisotopic (exact) mass is 588 g/mol. The van der Waals surface area contributed by atoms with Crippen molar-refractivity contribution < 1.29 is 4.42 Å². The molecule has 0 saturated heterocycles. The zero-order valence-corrected chi connectivity index (χ0v) is 25.7. The molecular weight excluding hydrogens is 556 g/mol. The van der Waals surface area contributed by atoms with Gasteiger partial charge in [0.25, 0.3) is 0 Å². The van der Waals surface area contributed by atoms with Gasteiger partial charge >= 0.3 is 0 Å². The van der Waals surface area contributed by atoms with Crippen molar-refractivity contribution in [3.63, 3.8) is 0 Å². The Labute approximate surface area is 269 Å². The molecule has 0 radical (unpaired) electrons. The van der Waals surface area contributed by atoms with Crippen LogP contribution in [0.15, 0.2) is 163 Å². The van der Waals surface area contributed by atoms with Crippen molar-refractivity contribution in [3.8, 4) is 44.5 Å². The molecule has 1 nitrogen and oxygen atoms in total. The minimum absolute atomic E-state index is 0.794. The fraction of sp³-hybridized carbons (Fsp3) is 0.0222. The number of hydrogen-bond acceptors (Lipinski definition) is 1. The summed E-state index contributed by atoms with van der Waals surface area (Å²) in [5, 5.41) is 5.97. The molecule has 0 aliphatic carbocycles. The van der Waals surface area contributed by atoms with Gasteiger partial charge in [0.1, 0.15) is 11.3 Å². The summed E-state index contributed by atoms with van der Waals surface area (Å²) in [6, 6.07) is 52.6. The van der Waals surface area contributed by atoms with E-state index in [1.165, 1.54) is 60.5 Å². The van der Waals surface area contributed by atoms with Crippen LogP contribution in [-0.4, -0.2) is 0 Å². The number of rotatable bonds is 6. The fourth-order valence-electron chi connectivity index (χ4n) is 6.90. The molecule has 0 saturated carbocycles. The first-order chi connectivity index (χ1) is 22.7. The SMILES string of the molecule is C=Cc1oc2cc(-c3c4ccccc4c(-c4cc(-c5ccccc5)cc(-c5ccccc5)c4)c4ccccc34)ccc2c1/C=C\C. The summed E-state index contributed by atoms with van der Waals surface area (Å²) in [4.78, 5) is 0. The Hall–Kier alpha value is -5.92. The first-order valence-corrected chi connectivity index (χ1v) is 15.8. The van der Waals surface area contributed by atoms with Crippen LogP contribution in [0, 0.1) is 0 Å². The Morgan fingerprint density at radius 1 is 0.457 bits per heavy atom. The highest BCUT2D eigenvalue weighted by Gasteiger charge is 2.19. The summed E-state index contributed by atoms with van der Waals surface area (Å²) in [6.07, 6.45) is 5.93. The Bertz CT molecular complexity index is 2310. The van der Waals surface area contributed by atoms with Gasteiger partial charge in [-0.1, -0.05) is 134 Å². The minimum Gasteiger partial charge on any atom is -0.456 e. The van der Waals surface area contributed by atoms with E-state index < -0.39 is 0 Å². The Morgan fingerprint density at radius 3 is 1.43 bits per heavy atom. The van der Waals surface area contributed by atoms with E-state index in [1.54, 1.807) is 6.08 Å². The third-order valence-electron chi connectivity index (χ3n) is 8.93. The molecule has 7 aromatic carbocycles. The molecule has 0 bridgehead atoms. The van der Waals surface area contributed by atoms with Crippen molar-refractivity contribution in [2.75, 3.05) is 0 Å². The molecule has 1 heterocycles. The van der Waals surface area contributed by atoms with Gasteiger partial charge in [0.2, 0.25) is 0 Å². The van der Waals surface area contributed by atoms with Gasteiger partial charge in [0.15, 0.2) is 0 Å². The predicted octanol–water partition coefficient (Wildman–Crippen LogP) is 13.1. The van der Waals surface area contributed by atoms with Crippen molar-refractivity contribution in [3.05, 3.63) is 170 Å². The van der Waals surface area contributed by atoms with E-state index in [0.29, 0.717) is 0 Å². The quantitative estimate of drug-likeness (QED) is 0.176. The molecule has 0 amide bonds. The van der Waals surface area contributed by atoms with Crippen molar-refractivity contribution >= 4 is 44.7 Å². The Morgan fingerprint density at radius 2 is 0.935 bits per heavy atom. The molecule has 1 heteroatoms. The average Bonchev–Trinajstić information content (AvgIpc) is 3.47. The van der Waals surface area contributed by atoms with Crippen LogP contribution in [0.1, 0.15) is 18.2 Å². The second-order valence-electron chi connectivity index (χ2n) is 11.7. The molecule has 0 aliphatic rings. The highest BCUT2D eigenvalue weighted by atomic mass is 16.3. The summed E-state index contributed by atoms with van der Waals surface area (Å²) in [6.45, 7) is 6.02. The normalized spacial score (nSPS) is 11.6. The maximum Gasteiger partial charge on any atom is 0.136 e.